The van der Waals surface area contributed by atoms with Crippen molar-refractivity contribution in [2.24, 2.45) is 0 Å². The molecule has 2 heteroatoms. The molecule has 0 atom stereocenters. The molecule has 0 unspecified atom stereocenters. The molecular formula is C25H24OSi. The van der Waals surface area contributed by atoms with Crippen molar-refractivity contribution in [1.82, 2.24) is 0 Å². The fourth-order valence-corrected chi connectivity index (χ4v) is 7.26. The Morgan fingerprint density at radius 3 is 1.81 bits per heavy atom. The summed E-state index contributed by atoms with van der Waals surface area (Å²) in [6.45, 7) is 4.55. The molecule has 0 spiro atoms. The van der Waals surface area contributed by atoms with Crippen LogP contribution >= 0.6 is 0 Å². The van der Waals surface area contributed by atoms with E-state index in [9.17, 15) is 0 Å². The highest BCUT2D eigenvalue weighted by molar-refractivity contribution is 7.03. The standard InChI is InChI=1S/C25H24OSi/c1-2-20-27(24-15-8-4-9-16-24,25-17-10-5-11-18-25)21-12-19-26-22-23-13-6-3-7-14-23/h2-11,13-18H,1,20-22H2. The Morgan fingerprint density at radius 2 is 1.30 bits per heavy atom. The molecule has 0 radical (unpaired) electrons. The number of hydrogen-bond acceptors (Lipinski definition) is 1. The van der Waals surface area contributed by atoms with Gasteiger partial charge in [-0.2, -0.15) is 0 Å². The zero-order valence-corrected chi connectivity index (χ0v) is 16.5. The molecule has 3 rings (SSSR count). The number of allylic oxidation sites excluding steroid dienone is 1. The third-order valence-corrected chi connectivity index (χ3v) is 9.40. The molecule has 3 aromatic rings. The maximum absolute atomic E-state index is 5.60. The second kappa shape index (κ2) is 9.61. The van der Waals surface area contributed by atoms with Gasteiger partial charge >= 0.3 is 0 Å². The van der Waals surface area contributed by atoms with Gasteiger partial charge < -0.3 is 4.74 Å². The lowest BCUT2D eigenvalue weighted by molar-refractivity contribution is 0.265. The van der Waals surface area contributed by atoms with Crippen molar-refractivity contribution in [3.63, 3.8) is 0 Å². The predicted octanol–water partition coefficient (Wildman–Crippen LogP) is 4.61. The zero-order chi connectivity index (χ0) is 18.8. The van der Waals surface area contributed by atoms with Gasteiger partial charge in [-0.3, -0.25) is 0 Å². The summed E-state index contributed by atoms with van der Waals surface area (Å²) < 4.78 is 5.60. The highest BCUT2D eigenvalue weighted by Crippen LogP contribution is 2.17. The van der Waals surface area contributed by atoms with Crippen molar-refractivity contribution >= 4 is 18.4 Å². The van der Waals surface area contributed by atoms with Crippen LogP contribution in [0.1, 0.15) is 5.56 Å². The first-order valence-electron chi connectivity index (χ1n) is 9.21. The van der Waals surface area contributed by atoms with E-state index in [0.717, 1.165) is 17.7 Å². The van der Waals surface area contributed by atoms with Crippen LogP contribution in [0, 0.1) is 12.0 Å². The van der Waals surface area contributed by atoms with Gasteiger partial charge in [-0.15, -0.1) is 6.58 Å². The van der Waals surface area contributed by atoms with Gasteiger partial charge in [-0.05, 0) is 11.6 Å². The minimum Gasteiger partial charge on any atom is -0.442 e. The molecular weight excluding hydrogens is 344 g/mol. The minimum absolute atomic E-state index is 0.514. The van der Waals surface area contributed by atoms with E-state index >= 15 is 0 Å². The number of rotatable bonds is 7. The summed E-state index contributed by atoms with van der Waals surface area (Å²) in [5, 5.41) is 2.77. The first kappa shape index (κ1) is 18.8. The summed E-state index contributed by atoms with van der Waals surface area (Å²) in [6.07, 6.45) is 4.98. The Morgan fingerprint density at radius 1 is 0.778 bits per heavy atom. The monoisotopic (exact) mass is 368 g/mol. The van der Waals surface area contributed by atoms with E-state index in [2.05, 4.69) is 79.3 Å². The van der Waals surface area contributed by atoms with Crippen LogP contribution in [0.15, 0.2) is 104 Å². The molecule has 0 aliphatic carbocycles. The van der Waals surface area contributed by atoms with Crippen LogP contribution in [-0.4, -0.2) is 8.07 Å². The molecule has 0 aromatic heterocycles. The van der Waals surface area contributed by atoms with Crippen molar-refractivity contribution in [3.05, 3.63) is 109 Å². The molecule has 0 bridgehead atoms. The average Bonchev–Trinajstić information content (AvgIpc) is 2.75. The normalized spacial score (nSPS) is 10.5. The molecule has 0 fully saturated rings. The topological polar surface area (TPSA) is 9.23 Å². The van der Waals surface area contributed by atoms with Gasteiger partial charge in [0.2, 0.25) is 0 Å². The van der Waals surface area contributed by atoms with E-state index in [0.29, 0.717) is 6.61 Å². The van der Waals surface area contributed by atoms with Gasteiger partial charge in [0, 0.05) is 6.04 Å². The summed E-state index contributed by atoms with van der Waals surface area (Å²) in [6, 6.07) is 33.4. The van der Waals surface area contributed by atoms with Crippen LogP contribution in [0.4, 0.5) is 0 Å². The smallest absolute Gasteiger partial charge is 0.133 e. The molecule has 0 amide bonds. The third kappa shape index (κ3) is 4.78. The lowest BCUT2D eigenvalue weighted by Gasteiger charge is -2.30. The van der Waals surface area contributed by atoms with Crippen LogP contribution in [0.5, 0.6) is 0 Å². The van der Waals surface area contributed by atoms with Crippen molar-refractivity contribution in [2.45, 2.75) is 18.7 Å². The second-order valence-electron chi connectivity index (χ2n) is 6.54. The van der Waals surface area contributed by atoms with E-state index < -0.39 is 8.07 Å². The van der Waals surface area contributed by atoms with Crippen molar-refractivity contribution < 1.29 is 4.74 Å². The maximum Gasteiger partial charge on any atom is 0.133 e. The molecule has 134 valence electrons. The fourth-order valence-electron chi connectivity index (χ4n) is 3.37. The van der Waals surface area contributed by atoms with Crippen LogP contribution in [0.2, 0.25) is 12.1 Å². The molecule has 0 saturated heterocycles. The van der Waals surface area contributed by atoms with Crippen LogP contribution in [-0.2, 0) is 11.3 Å². The molecule has 0 N–H and O–H groups in total. The summed E-state index contributed by atoms with van der Waals surface area (Å²) in [5.41, 5.74) is 1.13. The van der Waals surface area contributed by atoms with E-state index in [-0.39, 0.29) is 0 Å². The summed E-state index contributed by atoms with van der Waals surface area (Å²) in [5.74, 6) is 3.32. The molecule has 0 saturated carbocycles. The van der Waals surface area contributed by atoms with Gasteiger partial charge in [-0.25, -0.2) is 0 Å². The molecule has 3 aromatic carbocycles. The fraction of sp³-hybridized carbons (Fsp3) is 0.120. The zero-order valence-electron chi connectivity index (χ0n) is 15.5. The van der Waals surface area contributed by atoms with Crippen molar-refractivity contribution in [2.75, 3.05) is 0 Å². The summed E-state index contributed by atoms with van der Waals surface area (Å²) in [4.78, 5) is 0. The lowest BCUT2D eigenvalue weighted by Crippen LogP contribution is -2.57. The lowest BCUT2D eigenvalue weighted by atomic mass is 10.2. The van der Waals surface area contributed by atoms with Gasteiger partial charge in [0.05, 0.1) is 0 Å². The maximum atomic E-state index is 5.60. The third-order valence-electron chi connectivity index (χ3n) is 4.76. The summed E-state index contributed by atoms with van der Waals surface area (Å²) >= 11 is 0. The largest absolute Gasteiger partial charge is 0.442 e. The Labute approximate surface area is 163 Å². The van der Waals surface area contributed by atoms with E-state index in [1.807, 2.05) is 36.4 Å². The predicted molar refractivity (Wildman–Crippen MR) is 117 cm³/mol. The molecule has 0 aliphatic heterocycles. The quantitative estimate of drug-likeness (QED) is 0.336. The molecule has 27 heavy (non-hydrogen) atoms. The molecule has 0 heterocycles. The average molecular weight is 369 g/mol. The Bertz CT molecular complexity index is 853. The van der Waals surface area contributed by atoms with Crippen molar-refractivity contribution in [1.29, 1.82) is 0 Å². The van der Waals surface area contributed by atoms with Crippen LogP contribution in [0.3, 0.4) is 0 Å². The minimum atomic E-state index is -2.05. The highest BCUT2D eigenvalue weighted by Gasteiger charge is 2.35. The Hall–Kier alpha value is -3.02. The van der Waals surface area contributed by atoms with E-state index in [1.54, 1.807) is 0 Å². The Kier molecular flexibility index (Phi) is 6.68. The van der Waals surface area contributed by atoms with E-state index in [1.165, 1.54) is 10.4 Å². The number of ether oxygens (including phenoxy) is 1. The SMILES string of the molecule is C=CC[Si](CC#COCc1ccccc1)(c1ccccc1)c1ccccc1. The highest BCUT2D eigenvalue weighted by atomic mass is 28.3. The van der Waals surface area contributed by atoms with Crippen molar-refractivity contribution in [3.8, 4) is 12.0 Å². The van der Waals surface area contributed by atoms with E-state index in [4.69, 9.17) is 4.74 Å². The van der Waals surface area contributed by atoms with Gasteiger partial charge in [0.1, 0.15) is 20.8 Å². The van der Waals surface area contributed by atoms with Gasteiger partial charge in [0.15, 0.2) is 0 Å². The first-order chi connectivity index (χ1) is 13.3. The van der Waals surface area contributed by atoms with Crippen LogP contribution in [0.25, 0.3) is 0 Å². The second-order valence-corrected chi connectivity index (χ2v) is 10.6. The molecule has 0 aliphatic rings. The first-order valence-corrected chi connectivity index (χ1v) is 11.6. The van der Waals surface area contributed by atoms with Gasteiger partial charge in [0.25, 0.3) is 0 Å². The van der Waals surface area contributed by atoms with Crippen LogP contribution < -0.4 is 10.4 Å². The summed E-state index contributed by atoms with van der Waals surface area (Å²) in [7, 11) is -2.05. The molecule has 1 nitrogen and oxygen atoms in total. The number of hydrogen-bond donors (Lipinski definition) is 0. The Balaban J connectivity index is 1.84. The van der Waals surface area contributed by atoms with Gasteiger partial charge in [-0.1, -0.05) is 113 Å². The number of benzene rings is 3.